The van der Waals surface area contributed by atoms with E-state index >= 15 is 0 Å². The normalized spacial score (nSPS) is 16.8. The minimum absolute atomic E-state index is 0.0419. The number of aryl methyl sites for hydroxylation is 1. The number of nitrogens with one attached hydrogen (secondary N) is 2. The van der Waals surface area contributed by atoms with Crippen molar-refractivity contribution in [3.05, 3.63) is 54.1 Å². The third kappa shape index (κ3) is 5.10. The van der Waals surface area contributed by atoms with Gasteiger partial charge in [-0.05, 0) is 44.0 Å². The van der Waals surface area contributed by atoms with Crippen molar-refractivity contribution in [2.75, 3.05) is 28.2 Å². The van der Waals surface area contributed by atoms with Gasteiger partial charge in [-0.2, -0.15) is 0 Å². The van der Waals surface area contributed by atoms with Gasteiger partial charge >= 0.3 is 6.03 Å². The second-order valence-electron chi connectivity index (χ2n) is 8.61. The molecule has 4 rings (SSSR count). The van der Waals surface area contributed by atoms with E-state index in [1.54, 1.807) is 12.1 Å². The Morgan fingerprint density at radius 1 is 0.938 bits per heavy atom. The molecule has 1 fully saturated rings. The first-order valence-corrected chi connectivity index (χ1v) is 11.4. The number of hydrogen-bond acceptors (Lipinski definition) is 3. The standard InChI is InChI=1S/C25H30N4O3/c1-18-12-14-20(15-13-18)27-25(32)29-17-24(31)28(21-10-6-7-11-22(21)29)16-23(30)26-19-8-4-2-3-5-9-19/h6-7,10-15,19H,2-5,8-9,16-17H2,1H3,(H,26,30)(H,27,32). The molecule has 7 heteroatoms. The predicted molar refractivity (Wildman–Crippen MR) is 126 cm³/mol. The summed E-state index contributed by atoms with van der Waals surface area (Å²) in [5.41, 5.74) is 2.94. The molecule has 0 unspecified atom stereocenters. The zero-order valence-electron chi connectivity index (χ0n) is 18.5. The number of hydrogen-bond donors (Lipinski definition) is 2. The molecule has 0 atom stereocenters. The number of rotatable bonds is 4. The van der Waals surface area contributed by atoms with Gasteiger partial charge in [0.15, 0.2) is 0 Å². The van der Waals surface area contributed by atoms with Gasteiger partial charge in [-0.25, -0.2) is 4.79 Å². The SMILES string of the molecule is Cc1ccc(NC(=O)N2CC(=O)N(CC(=O)NC3CCCCCC3)c3ccccc32)cc1. The number of nitrogens with zero attached hydrogens (tertiary/aromatic N) is 2. The number of benzene rings is 2. The van der Waals surface area contributed by atoms with E-state index in [2.05, 4.69) is 10.6 Å². The fourth-order valence-corrected chi connectivity index (χ4v) is 4.38. The summed E-state index contributed by atoms with van der Waals surface area (Å²) in [6, 6.07) is 14.5. The number of para-hydroxylation sites is 2. The zero-order chi connectivity index (χ0) is 22.5. The Morgan fingerprint density at radius 3 is 2.28 bits per heavy atom. The Morgan fingerprint density at radius 2 is 1.59 bits per heavy atom. The van der Waals surface area contributed by atoms with Gasteiger partial charge in [-0.1, -0.05) is 55.5 Å². The molecule has 2 aliphatic rings. The Balaban J connectivity index is 1.47. The van der Waals surface area contributed by atoms with Crippen LogP contribution in [-0.4, -0.2) is 37.0 Å². The average molecular weight is 435 g/mol. The molecule has 1 saturated carbocycles. The van der Waals surface area contributed by atoms with Crippen molar-refractivity contribution in [3.8, 4) is 0 Å². The Hall–Kier alpha value is -3.35. The minimum Gasteiger partial charge on any atom is -0.352 e. The number of amides is 4. The zero-order valence-corrected chi connectivity index (χ0v) is 18.5. The molecule has 0 saturated heterocycles. The van der Waals surface area contributed by atoms with Crippen molar-refractivity contribution in [1.82, 2.24) is 5.32 Å². The number of carbonyl (C=O) groups excluding carboxylic acids is 3. The van der Waals surface area contributed by atoms with E-state index in [1.807, 2.05) is 43.3 Å². The molecular weight excluding hydrogens is 404 g/mol. The molecule has 4 amide bonds. The molecule has 0 radical (unpaired) electrons. The number of anilines is 3. The monoisotopic (exact) mass is 434 g/mol. The highest BCUT2D eigenvalue weighted by molar-refractivity contribution is 6.15. The molecule has 0 bridgehead atoms. The van der Waals surface area contributed by atoms with E-state index in [4.69, 9.17) is 0 Å². The van der Waals surface area contributed by atoms with Gasteiger partial charge in [-0.3, -0.25) is 19.4 Å². The third-order valence-electron chi connectivity index (χ3n) is 6.13. The highest BCUT2D eigenvalue weighted by Gasteiger charge is 2.33. The lowest BCUT2D eigenvalue weighted by Crippen LogP contribution is -2.52. The minimum atomic E-state index is -0.378. The maximum Gasteiger partial charge on any atom is 0.326 e. The van der Waals surface area contributed by atoms with Gasteiger partial charge in [0.2, 0.25) is 11.8 Å². The fraction of sp³-hybridized carbons (Fsp3) is 0.400. The van der Waals surface area contributed by atoms with E-state index in [9.17, 15) is 14.4 Å². The van der Waals surface area contributed by atoms with Gasteiger partial charge in [0.05, 0.1) is 11.4 Å². The van der Waals surface area contributed by atoms with Gasteiger partial charge in [0, 0.05) is 11.7 Å². The third-order valence-corrected chi connectivity index (χ3v) is 6.13. The van der Waals surface area contributed by atoms with Crippen LogP contribution in [-0.2, 0) is 9.59 Å². The summed E-state index contributed by atoms with van der Waals surface area (Å²) in [4.78, 5) is 41.6. The van der Waals surface area contributed by atoms with Gasteiger partial charge in [0.1, 0.15) is 13.1 Å². The van der Waals surface area contributed by atoms with E-state index in [0.29, 0.717) is 17.1 Å². The summed E-state index contributed by atoms with van der Waals surface area (Å²) in [5.74, 6) is -0.434. The van der Waals surface area contributed by atoms with E-state index in [-0.39, 0.29) is 37.0 Å². The maximum atomic E-state index is 13.0. The van der Waals surface area contributed by atoms with Gasteiger partial charge in [-0.15, -0.1) is 0 Å². The molecule has 1 heterocycles. The van der Waals surface area contributed by atoms with Crippen molar-refractivity contribution in [3.63, 3.8) is 0 Å². The van der Waals surface area contributed by atoms with Crippen molar-refractivity contribution >= 4 is 34.9 Å². The Kier molecular flexibility index (Phi) is 6.73. The highest BCUT2D eigenvalue weighted by Crippen LogP contribution is 2.33. The van der Waals surface area contributed by atoms with Crippen LogP contribution < -0.4 is 20.4 Å². The molecule has 0 aromatic heterocycles. The average Bonchev–Trinajstić information content (AvgIpc) is 3.05. The van der Waals surface area contributed by atoms with Crippen LogP contribution in [0.4, 0.5) is 21.9 Å². The Labute approximate surface area is 188 Å². The second-order valence-corrected chi connectivity index (χ2v) is 8.61. The van der Waals surface area contributed by atoms with Crippen molar-refractivity contribution < 1.29 is 14.4 Å². The summed E-state index contributed by atoms with van der Waals surface area (Å²) in [6.07, 6.45) is 6.66. The largest absolute Gasteiger partial charge is 0.352 e. The lowest BCUT2D eigenvalue weighted by molar-refractivity contribution is -0.123. The smallest absolute Gasteiger partial charge is 0.326 e. The number of urea groups is 1. The van der Waals surface area contributed by atoms with E-state index < -0.39 is 0 Å². The summed E-state index contributed by atoms with van der Waals surface area (Å²) >= 11 is 0. The molecule has 2 aromatic rings. The van der Waals surface area contributed by atoms with Crippen LogP contribution in [0.25, 0.3) is 0 Å². The van der Waals surface area contributed by atoms with Crippen LogP contribution in [0.5, 0.6) is 0 Å². The molecule has 0 spiro atoms. The summed E-state index contributed by atoms with van der Waals surface area (Å²) in [5, 5.41) is 5.96. The topological polar surface area (TPSA) is 81.8 Å². The summed E-state index contributed by atoms with van der Waals surface area (Å²) in [6.45, 7) is 1.82. The maximum absolute atomic E-state index is 13.0. The van der Waals surface area contributed by atoms with E-state index in [0.717, 1.165) is 31.2 Å². The van der Waals surface area contributed by atoms with Crippen LogP contribution in [0.1, 0.15) is 44.1 Å². The fourth-order valence-electron chi connectivity index (χ4n) is 4.38. The van der Waals surface area contributed by atoms with Crippen LogP contribution in [0, 0.1) is 6.92 Å². The molecular formula is C25H30N4O3. The van der Waals surface area contributed by atoms with Gasteiger partial charge < -0.3 is 10.6 Å². The summed E-state index contributed by atoms with van der Waals surface area (Å²) in [7, 11) is 0. The second kappa shape index (κ2) is 9.85. The van der Waals surface area contributed by atoms with Crippen LogP contribution in [0.2, 0.25) is 0 Å². The highest BCUT2D eigenvalue weighted by atomic mass is 16.2. The first-order valence-electron chi connectivity index (χ1n) is 11.4. The first kappa shape index (κ1) is 21.9. The van der Waals surface area contributed by atoms with Gasteiger partial charge in [0.25, 0.3) is 0 Å². The molecule has 2 aromatic carbocycles. The quantitative estimate of drug-likeness (QED) is 0.707. The van der Waals surface area contributed by atoms with Crippen LogP contribution in [0.15, 0.2) is 48.5 Å². The van der Waals surface area contributed by atoms with Crippen LogP contribution >= 0.6 is 0 Å². The molecule has 1 aliphatic carbocycles. The predicted octanol–water partition coefficient (Wildman–Crippen LogP) is 4.22. The van der Waals surface area contributed by atoms with E-state index in [1.165, 1.54) is 22.6 Å². The van der Waals surface area contributed by atoms with Crippen molar-refractivity contribution in [2.45, 2.75) is 51.5 Å². The number of fused-ring (bicyclic) bond motifs is 1. The first-order chi connectivity index (χ1) is 15.5. The Bertz CT molecular complexity index is 981. The lowest BCUT2D eigenvalue weighted by Gasteiger charge is -2.36. The molecule has 2 N–H and O–H groups in total. The number of carbonyl (C=O) groups is 3. The van der Waals surface area contributed by atoms with Crippen molar-refractivity contribution in [2.24, 2.45) is 0 Å². The van der Waals surface area contributed by atoms with Crippen LogP contribution in [0.3, 0.4) is 0 Å². The van der Waals surface area contributed by atoms with Crippen molar-refractivity contribution in [1.29, 1.82) is 0 Å². The molecule has 32 heavy (non-hydrogen) atoms. The molecule has 7 nitrogen and oxygen atoms in total. The molecule has 1 aliphatic heterocycles. The summed E-state index contributed by atoms with van der Waals surface area (Å²) < 4.78 is 0. The lowest BCUT2D eigenvalue weighted by atomic mass is 10.1. The molecule has 168 valence electrons.